The fourth-order valence-corrected chi connectivity index (χ4v) is 3.25. The van der Waals surface area contributed by atoms with Gasteiger partial charge in [0.2, 0.25) is 0 Å². The molecule has 0 bridgehead atoms. The molecule has 1 amide bonds. The summed E-state index contributed by atoms with van der Waals surface area (Å²) in [5, 5.41) is 3.01. The summed E-state index contributed by atoms with van der Waals surface area (Å²) in [5.41, 5.74) is 6.37. The minimum absolute atomic E-state index is 0.414. The Morgan fingerprint density at radius 2 is 2.14 bits per heavy atom. The van der Waals surface area contributed by atoms with Crippen molar-refractivity contribution in [3.63, 3.8) is 0 Å². The molecule has 0 fully saturated rings. The number of ether oxygens (including phenoxy) is 1. The number of carbonyl (C=O) groups is 2. The summed E-state index contributed by atoms with van der Waals surface area (Å²) < 4.78 is 4.85. The Balaban J connectivity index is 2.05. The second kappa shape index (κ2) is 7.24. The molecule has 0 aliphatic carbocycles. The minimum atomic E-state index is -0.675. The summed E-state index contributed by atoms with van der Waals surface area (Å²) in [4.78, 5) is 27.8. The highest BCUT2D eigenvalue weighted by Crippen LogP contribution is 2.27. The van der Waals surface area contributed by atoms with Crippen molar-refractivity contribution < 1.29 is 14.3 Å². The number of aryl methyl sites for hydroxylation is 1. The third kappa shape index (κ3) is 4.57. The largest absolute Gasteiger partial charge is 0.452 e. The standard InChI is InChI=1S/C14H14N2O3S2/c1-9-16-10(7-20-9)8-21-12-5-3-2-4-11(12)14(18)19-6-13(15)17/h2-5,7H,6,8H2,1H3,(H2,15,17). The molecule has 0 unspecified atom stereocenters. The molecule has 1 heterocycles. The van der Waals surface area contributed by atoms with Gasteiger partial charge in [0.25, 0.3) is 5.91 Å². The first kappa shape index (κ1) is 15.5. The lowest BCUT2D eigenvalue weighted by molar-refractivity contribution is -0.121. The number of rotatable bonds is 6. The van der Waals surface area contributed by atoms with Crippen molar-refractivity contribution in [3.8, 4) is 0 Å². The topological polar surface area (TPSA) is 82.3 Å². The van der Waals surface area contributed by atoms with Crippen molar-refractivity contribution in [3.05, 3.63) is 45.9 Å². The molecule has 0 saturated heterocycles. The Hall–Kier alpha value is -1.86. The molecule has 2 rings (SSSR count). The van der Waals surface area contributed by atoms with E-state index in [0.29, 0.717) is 11.3 Å². The quantitative estimate of drug-likeness (QED) is 0.652. The van der Waals surface area contributed by atoms with Gasteiger partial charge in [0.1, 0.15) is 0 Å². The van der Waals surface area contributed by atoms with Gasteiger partial charge >= 0.3 is 5.97 Å². The van der Waals surface area contributed by atoms with Crippen molar-refractivity contribution in [1.29, 1.82) is 0 Å². The van der Waals surface area contributed by atoms with Gasteiger partial charge in [-0.2, -0.15) is 0 Å². The number of hydrogen-bond acceptors (Lipinski definition) is 6. The number of carbonyl (C=O) groups excluding carboxylic acids is 2. The molecule has 0 saturated carbocycles. The average Bonchev–Trinajstić information content (AvgIpc) is 2.88. The van der Waals surface area contributed by atoms with Crippen LogP contribution in [-0.4, -0.2) is 23.5 Å². The van der Waals surface area contributed by atoms with Gasteiger partial charge in [0, 0.05) is 16.0 Å². The summed E-state index contributed by atoms with van der Waals surface area (Å²) in [6.45, 7) is 1.54. The van der Waals surface area contributed by atoms with Crippen LogP contribution in [0, 0.1) is 6.92 Å². The molecule has 110 valence electrons. The molecule has 0 aliphatic heterocycles. The van der Waals surface area contributed by atoms with E-state index in [1.54, 1.807) is 23.5 Å². The first-order valence-electron chi connectivity index (χ1n) is 6.14. The molecule has 0 aliphatic rings. The number of aromatic nitrogens is 1. The molecule has 21 heavy (non-hydrogen) atoms. The van der Waals surface area contributed by atoms with Crippen molar-refractivity contribution >= 4 is 35.0 Å². The Bertz CT molecular complexity index is 655. The Labute approximate surface area is 130 Å². The van der Waals surface area contributed by atoms with E-state index >= 15 is 0 Å². The van der Waals surface area contributed by atoms with E-state index in [2.05, 4.69) is 4.98 Å². The highest BCUT2D eigenvalue weighted by atomic mass is 32.2. The average molecular weight is 322 g/mol. The van der Waals surface area contributed by atoms with Crippen LogP contribution in [0.3, 0.4) is 0 Å². The Morgan fingerprint density at radius 3 is 2.81 bits per heavy atom. The molecule has 5 nitrogen and oxygen atoms in total. The van der Waals surface area contributed by atoms with E-state index < -0.39 is 18.5 Å². The van der Waals surface area contributed by atoms with Crippen molar-refractivity contribution in [2.75, 3.05) is 6.61 Å². The van der Waals surface area contributed by atoms with Crippen LogP contribution in [0.1, 0.15) is 21.1 Å². The van der Waals surface area contributed by atoms with Crippen LogP contribution in [0.15, 0.2) is 34.5 Å². The third-order valence-electron chi connectivity index (χ3n) is 2.49. The maximum absolute atomic E-state index is 11.9. The number of amides is 1. The Morgan fingerprint density at radius 1 is 1.38 bits per heavy atom. The molecular formula is C14H14N2O3S2. The second-order valence-corrected chi connectivity index (χ2v) is 6.26. The van der Waals surface area contributed by atoms with Crippen molar-refractivity contribution in [1.82, 2.24) is 4.98 Å². The predicted octanol–water partition coefficient (Wildman–Crippen LogP) is 2.39. The number of esters is 1. The molecule has 0 radical (unpaired) electrons. The molecule has 2 N–H and O–H groups in total. The fraction of sp³-hybridized carbons (Fsp3) is 0.214. The lowest BCUT2D eigenvalue weighted by Gasteiger charge is -2.07. The van der Waals surface area contributed by atoms with Crippen LogP contribution in [0.5, 0.6) is 0 Å². The molecule has 0 atom stereocenters. The number of hydrogen-bond donors (Lipinski definition) is 1. The minimum Gasteiger partial charge on any atom is -0.452 e. The predicted molar refractivity (Wildman–Crippen MR) is 82.3 cm³/mol. The third-order valence-corrected chi connectivity index (χ3v) is 4.42. The second-order valence-electron chi connectivity index (χ2n) is 4.19. The number of primary amides is 1. The van der Waals surface area contributed by atoms with Crippen molar-refractivity contribution in [2.45, 2.75) is 17.6 Å². The maximum atomic E-state index is 11.9. The van der Waals surface area contributed by atoms with Gasteiger partial charge in [0.05, 0.1) is 16.3 Å². The first-order chi connectivity index (χ1) is 10.1. The van der Waals surface area contributed by atoms with E-state index in [-0.39, 0.29) is 0 Å². The van der Waals surface area contributed by atoms with Gasteiger partial charge in [-0.25, -0.2) is 9.78 Å². The zero-order valence-corrected chi connectivity index (χ0v) is 13.0. The van der Waals surface area contributed by atoms with E-state index in [9.17, 15) is 9.59 Å². The molecular weight excluding hydrogens is 308 g/mol. The highest BCUT2D eigenvalue weighted by Gasteiger charge is 2.14. The molecule has 7 heteroatoms. The van der Waals surface area contributed by atoms with Gasteiger partial charge in [-0.3, -0.25) is 4.79 Å². The monoisotopic (exact) mass is 322 g/mol. The zero-order valence-electron chi connectivity index (χ0n) is 11.4. The zero-order chi connectivity index (χ0) is 15.2. The molecule has 0 spiro atoms. The van der Waals surface area contributed by atoms with E-state index in [4.69, 9.17) is 10.5 Å². The van der Waals surface area contributed by atoms with E-state index in [1.807, 2.05) is 24.4 Å². The summed E-state index contributed by atoms with van der Waals surface area (Å²) in [6, 6.07) is 7.10. The van der Waals surface area contributed by atoms with E-state index in [0.717, 1.165) is 15.6 Å². The SMILES string of the molecule is Cc1nc(CSc2ccccc2C(=O)OCC(N)=O)cs1. The Kier molecular flexibility index (Phi) is 5.35. The van der Waals surface area contributed by atoms with Crippen molar-refractivity contribution in [2.24, 2.45) is 5.73 Å². The van der Waals surface area contributed by atoms with Crippen LogP contribution >= 0.6 is 23.1 Å². The van der Waals surface area contributed by atoms with Gasteiger partial charge in [-0.05, 0) is 19.1 Å². The number of benzene rings is 1. The van der Waals surface area contributed by atoms with Gasteiger partial charge < -0.3 is 10.5 Å². The van der Waals surface area contributed by atoms with Crippen LogP contribution in [0.4, 0.5) is 0 Å². The van der Waals surface area contributed by atoms with Crippen LogP contribution in [-0.2, 0) is 15.3 Å². The first-order valence-corrected chi connectivity index (χ1v) is 8.01. The van der Waals surface area contributed by atoms with Crippen LogP contribution in [0.25, 0.3) is 0 Å². The van der Waals surface area contributed by atoms with Gasteiger partial charge in [0.15, 0.2) is 6.61 Å². The lowest BCUT2D eigenvalue weighted by Crippen LogP contribution is -2.21. The summed E-state index contributed by atoms with van der Waals surface area (Å²) in [7, 11) is 0. The van der Waals surface area contributed by atoms with Gasteiger partial charge in [-0.1, -0.05) is 12.1 Å². The number of nitrogens with two attached hydrogens (primary N) is 1. The highest BCUT2D eigenvalue weighted by molar-refractivity contribution is 7.98. The van der Waals surface area contributed by atoms with Gasteiger partial charge in [-0.15, -0.1) is 23.1 Å². The summed E-state index contributed by atoms with van der Waals surface area (Å²) >= 11 is 3.10. The summed E-state index contributed by atoms with van der Waals surface area (Å²) in [6.07, 6.45) is 0. The maximum Gasteiger partial charge on any atom is 0.339 e. The molecule has 2 aromatic rings. The van der Waals surface area contributed by atoms with Crippen LogP contribution in [0.2, 0.25) is 0 Å². The number of thiazole rings is 1. The molecule has 1 aromatic heterocycles. The fourth-order valence-electron chi connectivity index (χ4n) is 1.60. The van der Waals surface area contributed by atoms with E-state index in [1.165, 1.54) is 11.8 Å². The summed E-state index contributed by atoms with van der Waals surface area (Å²) in [5.74, 6) is -0.553. The smallest absolute Gasteiger partial charge is 0.339 e. The normalized spacial score (nSPS) is 10.3. The molecule has 1 aromatic carbocycles. The lowest BCUT2D eigenvalue weighted by atomic mass is 10.2. The number of thioether (sulfide) groups is 1. The van der Waals surface area contributed by atoms with Crippen LogP contribution < -0.4 is 5.73 Å². The number of nitrogens with zero attached hydrogens (tertiary/aromatic N) is 1.